The molecule has 2 atom stereocenters. The zero-order valence-electron chi connectivity index (χ0n) is 10.9. The van der Waals surface area contributed by atoms with Gasteiger partial charge in [0, 0.05) is 34.3 Å². The van der Waals surface area contributed by atoms with Gasteiger partial charge in [-0.25, -0.2) is 0 Å². The molecule has 1 fully saturated rings. The maximum absolute atomic E-state index is 5.95. The van der Waals surface area contributed by atoms with Crippen LogP contribution in [0.2, 0.25) is 0 Å². The molecule has 1 N–H and O–H groups in total. The third-order valence-electron chi connectivity index (χ3n) is 3.79. The van der Waals surface area contributed by atoms with Crippen LogP contribution in [0.1, 0.15) is 24.5 Å². The molecule has 3 nitrogen and oxygen atoms in total. The summed E-state index contributed by atoms with van der Waals surface area (Å²) in [5, 5.41) is 4.50. The lowest BCUT2D eigenvalue weighted by Gasteiger charge is -2.30. The lowest BCUT2D eigenvalue weighted by Crippen LogP contribution is -2.33. The number of ether oxygens (including phenoxy) is 1. The Morgan fingerprint density at radius 3 is 3.11 bits per heavy atom. The predicted octanol–water partition coefficient (Wildman–Crippen LogP) is 3.44. The third-order valence-corrected chi connectivity index (χ3v) is 4.48. The Bertz CT molecular complexity index is 587. The van der Waals surface area contributed by atoms with Gasteiger partial charge in [-0.3, -0.25) is 4.98 Å². The summed E-state index contributed by atoms with van der Waals surface area (Å²) in [7, 11) is 2.02. The van der Waals surface area contributed by atoms with E-state index >= 15 is 0 Å². The van der Waals surface area contributed by atoms with Gasteiger partial charge in [0.1, 0.15) is 0 Å². The van der Waals surface area contributed by atoms with Gasteiger partial charge in [0.05, 0.1) is 11.6 Å². The van der Waals surface area contributed by atoms with Gasteiger partial charge in [-0.15, -0.1) is 0 Å². The number of hydrogen-bond donors (Lipinski definition) is 1. The number of fused-ring (bicyclic) bond motifs is 1. The molecular weight excluding hydrogens is 304 g/mol. The first-order valence-electron chi connectivity index (χ1n) is 6.61. The Hall–Kier alpha value is -0.970. The Kier molecular flexibility index (Phi) is 3.82. The molecule has 1 aliphatic heterocycles. The summed E-state index contributed by atoms with van der Waals surface area (Å²) in [4.78, 5) is 4.54. The standard InChI is InChI=1S/C15H17BrN2O/c1-17-10-6-8-19-14(9-10)12-4-5-13(16)11-3-2-7-18-15(11)12/h2-5,7,10,14,17H,6,8-9H2,1H3. The van der Waals surface area contributed by atoms with E-state index in [1.165, 1.54) is 5.56 Å². The molecule has 0 radical (unpaired) electrons. The molecule has 2 unspecified atom stereocenters. The maximum Gasteiger partial charge on any atom is 0.0860 e. The van der Waals surface area contributed by atoms with E-state index in [-0.39, 0.29) is 6.10 Å². The Labute approximate surface area is 121 Å². The van der Waals surface area contributed by atoms with Gasteiger partial charge in [-0.1, -0.05) is 28.1 Å². The van der Waals surface area contributed by atoms with Gasteiger partial charge >= 0.3 is 0 Å². The highest BCUT2D eigenvalue weighted by atomic mass is 79.9. The van der Waals surface area contributed by atoms with Gasteiger partial charge in [-0.05, 0) is 32.0 Å². The topological polar surface area (TPSA) is 34.1 Å². The molecule has 1 aromatic carbocycles. The predicted molar refractivity (Wildman–Crippen MR) is 80.2 cm³/mol. The van der Waals surface area contributed by atoms with Crippen LogP contribution in [0.25, 0.3) is 10.9 Å². The molecule has 0 saturated carbocycles. The van der Waals surface area contributed by atoms with Crippen LogP contribution >= 0.6 is 15.9 Å². The number of pyridine rings is 1. The van der Waals surface area contributed by atoms with E-state index in [1.807, 2.05) is 19.3 Å². The van der Waals surface area contributed by atoms with Gasteiger partial charge in [-0.2, -0.15) is 0 Å². The van der Waals surface area contributed by atoms with Crippen LogP contribution in [0.4, 0.5) is 0 Å². The minimum atomic E-state index is 0.136. The summed E-state index contributed by atoms with van der Waals surface area (Å²) < 4.78 is 7.03. The molecule has 4 heteroatoms. The molecule has 0 amide bonds. The average Bonchev–Trinajstić information content (AvgIpc) is 2.48. The van der Waals surface area contributed by atoms with Crippen LogP contribution in [-0.2, 0) is 4.74 Å². The molecule has 0 spiro atoms. The largest absolute Gasteiger partial charge is 0.373 e. The van der Waals surface area contributed by atoms with Crippen LogP contribution in [0.15, 0.2) is 34.9 Å². The lowest BCUT2D eigenvalue weighted by molar-refractivity contribution is 0.00230. The monoisotopic (exact) mass is 320 g/mol. The zero-order valence-corrected chi connectivity index (χ0v) is 12.5. The summed E-state index contributed by atoms with van der Waals surface area (Å²) in [6.45, 7) is 0.806. The van der Waals surface area contributed by atoms with Crippen LogP contribution in [-0.4, -0.2) is 24.7 Å². The minimum Gasteiger partial charge on any atom is -0.373 e. The number of aromatic nitrogens is 1. The number of nitrogens with one attached hydrogen (secondary N) is 1. The van der Waals surface area contributed by atoms with E-state index < -0.39 is 0 Å². The molecule has 2 aromatic rings. The molecule has 2 heterocycles. The summed E-state index contributed by atoms with van der Waals surface area (Å²) in [6, 6.07) is 8.80. The number of benzene rings is 1. The second kappa shape index (κ2) is 5.57. The van der Waals surface area contributed by atoms with Crippen molar-refractivity contribution in [2.75, 3.05) is 13.7 Å². The molecule has 1 aliphatic rings. The van der Waals surface area contributed by atoms with Gasteiger partial charge < -0.3 is 10.1 Å². The van der Waals surface area contributed by atoms with Gasteiger partial charge in [0.2, 0.25) is 0 Å². The Balaban J connectivity index is 2.03. The molecule has 1 saturated heterocycles. The Morgan fingerprint density at radius 1 is 1.37 bits per heavy atom. The van der Waals surface area contributed by atoms with E-state index in [9.17, 15) is 0 Å². The number of halogens is 1. The fraction of sp³-hybridized carbons (Fsp3) is 0.400. The second-order valence-corrected chi connectivity index (χ2v) is 5.76. The average molecular weight is 321 g/mol. The van der Waals surface area contributed by atoms with Gasteiger partial charge in [0.25, 0.3) is 0 Å². The highest BCUT2D eigenvalue weighted by Gasteiger charge is 2.24. The fourth-order valence-corrected chi connectivity index (χ4v) is 3.15. The van der Waals surface area contributed by atoms with Crippen molar-refractivity contribution in [2.24, 2.45) is 0 Å². The molecule has 0 aliphatic carbocycles. The van der Waals surface area contributed by atoms with E-state index in [0.717, 1.165) is 34.8 Å². The maximum atomic E-state index is 5.95. The minimum absolute atomic E-state index is 0.136. The molecule has 100 valence electrons. The number of nitrogens with zero attached hydrogens (tertiary/aromatic N) is 1. The van der Waals surface area contributed by atoms with Gasteiger partial charge in [0.15, 0.2) is 0 Å². The zero-order chi connectivity index (χ0) is 13.2. The SMILES string of the molecule is CNC1CCOC(c2ccc(Br)c3cccnc23)C1. The van der Waals surface area contributed by atoms with Crippen molar-refractivity contribution >= 4 is 26.8 Å². The van der Waals surface area contributed by atoms with E-state index in [0.29, 0.717) is 6.04 Å². The first-order chi connectivity index (χ1) is 9.29. The Morgan fingerprint density at radius 2 is 2.26 bits per heavy atom. The highest BCUT2D eigenvalue weighted by molar-refractivity contribution is 9.10. The van der Waals surface area contributed by atoms with Crippen LogP contribution < -0.4 is 5.32 Å². The fourth-order valence-electron chi connectivity index (χ4n) is 2.70. The van der Waals surface area contributed by atoms with Crippen LogP contribution in [0.3, 0.4) is 0 Å². The molecule has 3 rings (SSSR count). The normalized spacial score (nSPS) is 23.7. The van der Waals surface area contributed by atoms with Crippen molar-refractivity contribution in [1.82, 2.24) is 10.3 Å². The first kappa shape index (κ1) is 13.0. The first-order valence-corrected chi connectivity index (χ1v) is 7.41. The van der Waals surface area contributed by atoms with E-state index in [4.69, 9.17) is 4.74 Å². The second-order valence-electron chi connectivity index (χ2n) is 4.91. The lowest BCUT2D eigenvalue weighted by atomic mass is 9.96. The third kappa shape index (κ3) is 2.53. The van der Waals surface area contributed by atoms with Crippen molar-refractivity contribution in [3.05, 3.63) is 40.5 Å². The van der Waals surface area contributed by atoms with Crippen molar-refractivity contribution in [1.29, 1.82) is 0 Å². The van der Waals surface area contributed by atoms with Crippen molar-refractivity contribution in [3.63, 3.8) is 0 Å². The van der Waals surface area contributed by atoms with E-state index in [1.54, 1.807) is 0 Å². The molecule has 19 heavy (non-hydrogen) atoms. The summed E-state index contributed by atoms with van der Waals surface area (Å²) >= 11 is 3.59. The summed E-state index contributed by atoms with van der Waals surface area (Å²) in [5.74, 6) is 0. The molecule has 1 aromatic heterocycles. The summed E-state index contributed by atoms with van der Waals surface area (Å²) in [5.41, 5.74) is 2.23. The van der Waals surface area contributed by atoms with Crippen LogP contribution in [0, 0.1) is 0 Å². The summed E-state index contributed by atoms with van der Waals surface area (Å²) in [6.07, 6.45) is 4.06. The van der Waals surface area contributed by atoms with Crippen molar-refractivity contribution in [2.45, 2.75) is 25.0 Å². The highest BCUT2D eigenvalue weighted by Crippen LogP contribution is 2.34. The van der Waals surface area contributed by atoms with E-state index in [2.05, 4.69) is 44.4 Å². The molecule has 0 bridgehead atoms. The van der Waals surface area contributed by atoms with Crippen molar-refractivity contribution < 1.29 is 4.74 Å². The van der Waals surface area contributed by atoms with Crippen LogP contribution in [0.5, 0.6) is 0 Å². The smallest absolute Gasteiger partial charge is 0.0860 e. The number of rotatable bonds is 2. The quantitative estimate of drug-likeness (QED) is 0.920. The van der Waals surface area contributed by atoms with Crippen molar-refractivity contribution in [3.8, 4) is 0 Å². The number of hydrogen-bond acceptors (Lipinski definition) is 3. The molecular formula is C15H17BrN2O.